The van der Waals surface area contributed by atoms with Crippen molar-refractivity contribution in [2.75, 3.05) is 39.5 Å². The molecular weight excluding hydrogens is 294 g/mol. The van der Waals surface area contributed by atoms with Crippen LogP contribution in [-0.2, 0) is 9.47 Å². The summed E-state index contributed by atoms with van der Waals surface area (Å²) in [5, 5.41) is 4.28. The van der Waals surface area contributed by atoms with E-state index in [1.54, 1.807) is 15.6 Å². The maximum atomic E-state index is 12.9. The van der Waals surface area contributed by atoms with Crippen molar-refractivity contribution in [1.29, 1.82) is 0 Å². The molecule has 0 radical (unpaired) electrons. The first-order valence-corrected chi connectivity index (χ1v) is 8.06. The lowest BCUT2D eigenvalue weighted by Gasteiger charge is -2.22. The number of aromatic nitrogens is 2. The third-order valence-electron chi connectivity index (χ3n) is 3.68. The minimum atomic E-state index is -0.0336. The largest absolute Gasteiger partial charge is 0.380 e. The zero-order chi connectivity index (χ0) is 16.7. The van der Waals surface area contributed by atoms with E-state index in [1.165, 1.54) is 0 Å². The molecule has 0 saturated heterocycles. The molecular formula is C17H25N3O3. The number of carbonyl (C=O) groups excluding carboxylic acids is 1. The number of hydrogen-bond donors (Lipinski definition) is 0. The van der Waals surface area contributed by atoms with Crippen molar-refractivity contribution in [2.24, 2.45) is 0 Å². The van der Waals surface area contributed by atoms with E-state index >= 15 is 0 Å². The molecule has 0 aliphatic heterocycles. The first kappa shape index (κ1) is 17.4. The minimum absolute atomic E-state index is 0.0336. The lowest BCUT2D eigenvalue weighted by atomic mass is 10.1. The third kappa shape index (κ3) is 4.30. The summed E-state index contributed by atoms with van der Waals surface area (Å²) in [6.07, 6.45) is 3.49. The Bertz CT molecular complexity index is 629. The van der Waals surface area contributed by atoms with E-state index in [9.17, 15) is 4.79 Å². The molecule has 0 N–H and O–H groups in total. The highest BCUT2D eigenvalue weighted by Gasteiger charge is 2.20. The Labute approximate surface area is 137 Å². The van der Waals surface area contributed by atoms with Gasteiger partial charge in [-0.2, -0.15) is 5.10 Å². The van der Waals surface area contributed by atoms with Crippen LogP contribution in [0.1, 0.15) is 29.8 Å². The van der Waals surface area contributed by atoms with Gasteiger partial charge < -0.3 is 14.4 Å². The van der Waals surface area contributed by atoms with Crippen molar-refractivity contribution in [3.05, 3.63) is 35.7 Å². The van der Waals surface area contributed by atoms with Crippen molar-refractivity contribution in [2.45, 2.75) is 20.8 Å². The first-order chi connectivity index (χ1) is 11.2. The molecule has 0 aromatic carbocycles. The van der Waals surface area contributed by atoms with Gasteiger partial charge in [0.1, 0.15) is 0 Å². The van der Waals surface area contributed by atoms with Crippen LogP contribution in [0.2, 0.25) is 0 Å². The van der Waals surface area contributed by atoms with Crippen LogP contribution < -0.4 is 0 Å². The average molecular weight is 319 g/mol. The van der Waals surface area contributed by atoms with Crippen molar-refractivity contribution in [3.8, 4) is 0 Å². The van der Waals surface area contributed by atoms with Gasteiger partial charge in [0.25, 0.3) is 5.91 Å². The fourth-order valence-corrected chi connectivity index (χ4v) is 2.50. The van der Waals surface area contributed by atoms with Gasteiger partial charge in [0.15, 0.2) is 0 Å². The summed E-state index contributed by atoms with van der Waals surface area (Å²) in [5.41, 5.74) is 2.51. The van der Waals surface area contributed by atoms with Gasteiger partial charge in [0.2, 0.25) is 0 Å². The Morgan fingerprint density at radius 3 is 2.48 bits per heavy atom. The Morgan fingerprint density at radius 1 is 1.22 bits per heavy atom. The van der Waals surface area contributed by atoms with E-state index < -0.39 is 0 Å². The van der Waals surface area contributed by atoms with Crippen LogP contribution in [0, 0.1) is 6.92 Å². The minimum Gasteiger partial charge on any atom is -0.380 e. The SMILES string of the molecule is CCOCCN(CCOCC)C(=O)c1cnn2cccc(C)c12. The third-order valence-corrected chi connectivity index (χ3v) is 3.68. The Kier molecular flexibility index (Phi) is 6.55. The van der Waals surface area contributed by atoms with Gasteiger partial charge in [-0.1, -0.05) is 6.07 Å². The standard InChI is InChI=1S/C17H25N3O3/c1-4-22-11-9-19(10-12-23-5-2)17(21)15-13-18-20-8-6-7-14(3)16(15)20/h6-8,13H,4-5,9-12H2,1-3H3. The van der Waals surface area contributed by atoms with Crippen molar-refractivity contribution < 1.29 is 14.3 Å². The quantitative estimate of drug-likeness (QED) is 0.665. The zero-order valence-electron chi connectivity index (χ0n) is 14.1. The Hall–Kier alpha value is -1.92. The second-order valence-electron chi connectivity index (χ2n) is 5.23. The summed E-state index contributed by atoms with van der Waals surface area (Å²) in [6, 6.07) is 3.91. The highest BCUT2D eigenvalue weighted by molar-refractivity contribution is 6.01. The lowest BCUT2D eigenvalue weighted by Crippen LogP contribution is -2.36. The van der Waals surface area contributed by atoms with Crippen molar-refractivity contribution in [1.82, 2.24) is 14.5 Å². The number of nitrogens with zero attached hydrogens (tertiary/aromatic N) is 3. The number of ether oxygens (including phenoxy) is 2. The Morgan fingerprint density at radius 2 is 1.87 bits per heavy atom. The smallest absolute Gasteiger partial charge is 0.257 e. The van der Waals surface area contributed by atoms with Gasteiger partial charge in [-0.3, -0.25) is 4.79 Å². The molecule has 6 nitrogen and oxygen atoms in total. The highest BCUT2D eigenvalue weighted by Crippen LogP contribution is 2.17. The molecule has 126 valence electrons. The molecule has 0 aliphatic rings. The summed E-state index contributed by atoms with van der Waals surface area (Å²) in [5.74, 6) is -0.0336. The number of fused-ring (bicyclic) bond motifs is 1. The predicted molar refractivity (Wildman–Crippen MR) is 88.8 cm³/mol. The fraction of sp³-hybridized carbons (Fsp3) is 0.529. The van der Waals surface area contributed by atoms with Crippen LogP contribution in [0.25, 0.3) is 5.52 Å². The summed E-state index contributed by atoms with van der Waals surface area (Å²) in [6.45, 7) is 9.29. The number of carbonyl (C=O) groups is 1. The lowest BCUT2D eigenvalue weighted by molar-refractivity contribution is 0.0551. The number of aryl methyl sites for hydroxylation is 1. The maximum Gasteiger partial charge on any atom is 0.257 e. The maximum absolute atomic E-state index is 12.9. The molecule has 2 heterocycles. The number of hydrogen-bond acceptors (Lipinski definition) is 4. The molecule has 0 aliphatic carbocycles. The second-order valence-corrected chi connectivity index (χ2v) is 5.23. The molecule has 2 rings (SSSR count). The van der Waals surface area contributed by atoms with Gasteiger partial charge in [0, 0.05) is 32.5 Å². The van der Waals surface area contributed by atoms with Crippen LogP contribution in [0.15, 0.2) is 24.5 Å². The molecule has 23 heavy (non-hydrogen) atoms. The molecule has 0 unspecified atom stereocenters. The average Bonchev–Trinajstić information content (AvgIpc) is 2.98. The van der Waals surface area contributed by atoms with Crippen LogP contribution in [0.3, 0.4) is 0 Å². The van der Waals surface area contributed by atoms with Crippen molar-refractivity contribution in [3.63, 3.8) is 0 Å². The first-order valence-electron chi connectivity index (χ1n) is 8.06. The van der Waals surface area contributed by atoms with Crippen LogP contribution >= 0.6 is 0 Å². The molecule has 0 saturated carbocycles. The summed E-state index contributed by atoms with van der Waals surface area (Å²) < 4.78 is 12.5. The summed E-state index contributed by atoms with van der Waals surface area (Å²) >= 11 is 0. The monoisotopic (exact) mass is 319 g/mol. The van der Waals surface area contributed by atoms with Gasteiger partial charge in [-0.05, 0) is 32.4 Å². The van der Waals surface area contributed by atoms with E-state index in [1.807, 2.05) is 39.1 Å². The van der Waals surface area contributed by atoms with Crippen molar-refractivity contribution >= 4 is 11.4 Å². The van der Waals surface area contributed by atoms with Gasteiger partial charge >= 0.3 is 0 Å². The van der Waals surface area contributed by atoms with Crippen LogP contribution in [0.4, 0.5) is 0 Å². The number of amides is 1. The Balaban J connectivity index is 2.19. The zero-order valence-corrected chi connectivity index (χ0v) is 14.1. The normalized spacial score (nSPS) is 11.1. The molecule has 2 aromatic heterocycles. The number of pyridine rings is 1. The van der Waals surface area contributed by atoms with Crippen LogP contribution in [-0.4, -0.2) is 59.9 Å². The van der Waals surface area contributed by atoms with E-state index in [2.05, 4.69) is 5.10 Å². The highest BCUT2D eigenvalue weighted by atomic mass is 16.5. The molecule has 0 bridgehead atoms. The molecule has 0 spiro atoms. The molecule has 6 heteroatoms. The van der Waals surface area contributed by atoms with E-state index in [0.29, 0.717) is 45.1 Å². The van der Waals surface area contributed by atoms with E-state index in [4.69, 9.17) is 9.47 Å². The fourth-order valence-electron chi connectivity index (χ4n) is 2.50. The van der Waals surface area contributed by atoms with Gasteiger partial charge in [-0.15, -0.1) is 0 Å². The van der Waals surface area contributed by atoms with E-state index in [0.717, 1.165) is 11.1 Å². The summed E-state index contributed by atoms with van der Waals surface area (Å²) in [7, 11) is 0. The molecule has 2 aromatic rings. The predicted octanol–water partition coefficient (Wildman–Crippen LogP) is 2.16. The topological polar surface area (TPSA) is 56.1 Å². The van der Waals surface area contributed by atoms with E-state index in [-0.39, 0.29) is 5.91 Å². The van der Waals surface area contributed by atoms with Crippen LogP contribution in [0.5, 0.6) is 0 Å². The van der Waals surface area contributed by atoms with Gasteiger partial charge in [-0.25, -0.2) is 4.52 Å². The molecule has 1 amide bonds. The summed E-state index contributed by atoms with van der Waals surface area (Å²) in [4.78, 5) is 14.7. The second kappa shape index (κ2) is 8.64. The molecule has 0 atom stereocenters. The van der Waals surface area contributed by atoms with Gasteiger partial charge in [0.05, 0.1) is 30.5 Å². The molecule has 0 fully saturated rings. The number of rotatable bonds is 9.